The Bertz CT molecular complexity index is 837. The number of hydrogen-bond donors (Lipinski definition) is 2. The second-order valence-electron chi connectivity index (χ2n) is 6.56. The molecule has 25 heavy (non-hydrogen) atoms. The van der Waals surface area contributed by atoms with Crippen molar-refractivity contribution in [3.63, 3.8) is 0 Å². The Labute approximate surface area is 153 Å². The molecule has 0 aliphatic carbocycles. The van der Waals surface area contributed by atoms with Crippen molar-refractivity contribution in [1.82, 2.24) is 4.72 Å². The summed E-state index contributed by atoms with van der Waals surface area (Å²) in [7, 11) is -3.61. The second kappa shape index (κ2) is 7.59. The van der Waals surface area contributed by atoms with Gasteiger partial charge < -0.3 is 5.32 Å². The van der Waals surface area contributed by atoms with Gasteiger partial charge in [-0.05, 0) is 75.6 Å². The maximum Gasteiger partial charge on any atom is 0.255 e. The van der Waals surface area contributed by atoms with E-state index in [1.807, 2.05) is 30.5 Å². The summed E-state index contributed by atoms with van der Waals surface area (Å²) in [6, 6.07) is 13.4. The quantitative estimate of drug-likeness (QED) is 0.777. The lowest BCUT2D eigenvalue weighted by molar-refractivity contribution is 0.102. The van der Waals surface area contributed by atoms with Gasteiger partial charge in [-0.2, -0.15) is 0 Å². The minimum atomic E-state index is -3.61. The lowest BCUT2D eigenvalue weighted by Crippen LogP contribution is -2.40. The fourth-order valence-electron chi connectivity index (χ4n) is 2.13. The summed E-state index contributed by atoms with van der Waals surface area (Å²) in [5.41, 5.74) is 0.509. The van der Waals surface area contributed by atoms with Gasteiger partial charge in [0, 0.05) is 21.7 Å². The number of carbonyl (C=O) groups excluding carboxylic acids is 1. The predicted molar refractivity (Wildman–Crippen MR) is 103 cm³/mol. The van der Waals surface area contributed by atoms with Crippen molar-refractivity contribution in [2.45, 2.75) is 36.1 Å². The molecule has 0 saturated carbocycles. The third-order valence-corrected chi connectivity index (χ3v) is 5.73. The zero-order chi connectivity index (χ0) is 18.7. The summed E-state index contributed by atoms with van der Waals surface area (Å²) in [4.78, 5) is 13.5. The normalized spacial score (nSPS) is 12.0. The molecule has 134 valence electrons. The molecular formula is C18H22N2O3S2. The smallest absolute Gasteiger partial charge is 0.255 e. The molecule has 0 fully saturated rings. The molecule has 2 aromatic carbocycles. The van der Waals surface area contributed by atoms with E-state index in [9.17, 15) is 13.2 Å². The number of rotatable bonds is 5. The highest BCUT2D eigenvalue weighted by molar-refractivity contribution is 7.98. The molecule has 0 bridgehead atoms. The molecule has 0 unspecified atom stereocenters. The Hall–Kier alpha value is -1.83. The van der Waals surface area contributed by atoms with E-state index < -0.39 is 15.6 Å². The molecule has 2 N–H and O–H groups in total. The van der Waals surface area contributed by atoms with Gasteiger partial charge in [0.25, 0.3) is 5.91 Å². The molecule has 5 nitrogen and oxygen atoms in total. The van der Waals surface area contributed by atoms with Crippen LogP contribution < -0.4 is 10.0 Å². The topological polar surface area (TPSA) is 75.3 Å². The molecule has 1 amide bonds. The number of thioether (sulfide) groups is 1. The van der Waals surface area contributed by atoms with Gasteiger partial charge in [0.05, 0.1) is 4.90 Å². The summed E-state index contributed by atoms with van der Waals surface area (Å²) in [6.45, 7) is 5.32. The third kappa shape index (κ3) is 5.59. The van der Waals surface area contributed by atoms with Crippen LogP contribution in [0.15, 0.2) is 58.3 Å². The van der Waals surface area contributed by atoms with Crippen molar-refractivity contribution < 1.29 is 13.2 Å². The van der Waals surface area contributed by atoms with Gasteiger partial charge >= 0.3 is 0 Å². The van der Waals surface area contributed by atoms with Gasteiger partial charge in [-0.15, -0.1) is 11.8 Å². The highest BCUT2D eigenvalue weighted by atomic mass is 32.2. The van der Waals surface area contributed by atoms with Crippen molar-refractivity contribution in [1.29, 1.82) is 0 Å². The average molecular weight is 379 g/mol. The highest BCUT2D eigenvalue weighted by Gasteiger charge is 2.22. The van der Waals surface area contributed by atoms with Crippen molar-refractivity contribution >= 4 is 33.4 Å². The lowest BCUT2D eigenvalue weighted by atomic mass is 10.1. The minimum Gasteiger partial charge on any atom is -0.322 e. The lowest BCUT2D eigenvalue weighted by Gasteiger charge is -2.20. The van der Waals surface area contributed by atoms with Crippen LogP contribution in [-0.2, 0) is 10.0 Å². The minimum absolute atomic E-state index is 0.128. The fourth-order valence-corrected chi connectivity index (χ4v) is 3.95. The first kappa shape index (κ1) is 19.5. The van der Waals surface area contributed by atoms with E-state index in [0.717, 1.165) is 4.90 Å². The Balaban J connectivity index is 2.12. The Morgan fingerprint density at radius 3 is 2.00 bits per heavy atom. The molecule has 0 aliphatic heterocycles. The van der Waals surface area contributed by atoms with Crippen LogP contribution in [-0.4, -0.2) is 26.1 Å². The van der Waals surface area contributed by atoms with Gasteiger partial charge in [0.2, 0.25) is 10.0 Å². The Morgan fingerprint density at radius 2 is 1.52 bits per heavy atom. The van der Waals surface area contributed by atoms with Crippen LogP contribution in [0.4, 0.5) is 5.69 Å². The van der Waals surface area contributed by atoms with Crippen molar-refractivity contribution in [2.75, 3.05) is 11.6 Å². The second-order valence-corrected chi connectivity index (χ2v) is 9.12. The zero-order valence-corrected chi connectivity index (χ0v) is 16.3. The van der Waals surface area contributed by atoms with Crippen LogP contribution in [0.25, 0.3) is 0 Å². The number of sulfonamides is 1. The number of anilines is 1. The van der Waals surface area contributed by atoms with Crippen molar-refractivity contribution in [2.24, 2.45) is 0 Å². The van der Waals surface area contributed by atoms with Crippen LogP contribution in [0.3, 0.4) is 0 Å². The summed E-state index contributed by atoms with van der Waals surface area (Å²) >= 11 is 1.62. The molecule has 2 aromatic rings. The van der Waals surface area contributed by atoms with E-state index in [4.69, 9.17) is 0 Å². The van der Waals surface area contributed by atoms with Crippen LogP contribution >= 0.6 is 11.8 Å². The van der Waals surface area contributed by atoms with Crippen molar-refractivity contribution in [3.05, 3.63) is 54.1 Å². The number of benzene rings is 2. The van der Waals surface area contributed by atoms with Gasteiger partial charge in [-0.1, -0.05) is 0 Å². The first-order chi connectivity index (χ1) is 11.6. The van der Waals surface area contributed by atoms with E-state index in [1.165, 1.54) is 24.3 Å². The number of nitrogens with one attached hydrogen (secondary N) is 2. The fraction of sp³-hybridized carbons (Fsp3) is 0.278. The van der Waals surface area contributed by atoms with Crippen LogP contribution in [0.1, 0.15) is 31.1 Å². The van der Waals surface area contributed by atoms with E-state index in [0.29, 0.717) is 11.3 Å². The van der Waals surface area contributed by atoms with Gasteiger partial charge in [0.15, 0.2) is 0 Å². The van der Waals surface area contributed by atoms with Crippen LogP contribution in [0, 0.1) is 0 Å². The molecule has 0 heterocycles. The predicted octanol–water partition coefficient (Wildman–Crippen LogP) is 3.74. The first-order valence-corrected chi connectivity index (χ1v) is 10.4. The molecule has 0 aliphatic rings. The zero-order valence-electron chi connectivity index (χ0n) is 14.7. The van der Waals surface area contributed by atoms with Crippen LogP contribution in [0.2, 0.25) is 0 Å². The van der Waals surface area contributed by atoms with Gasteiger partial charge in [0.1, 0.15) is 0 Å². The summed E-state index contributed by atoms with van der Waals surface area (Å²) in [6.07, 6.45) is 1.98. The number of amides is 1. The average Bonchev–Trinajstić information content (AvgIpc) is 2.53. The molecule has 0 spiro atoms. The maximum atomic E-state index is 12.3. The van der Waals surface area contributed by atoms with E-state index in [1.54, 1.807) is 32.5 Å². The summed E-state index contributed by atoms with van der Waals surface area (Å²) < 4.78 is 27.1. The number of hydrogen-bond acceptors (Lipinski definition) is 4. The Morgan fingerprint density at radius 1 is 0.960 bits per heavy atom. The van der Waals surface area contributed by atoms with Gasteiger partial charge in [-0.3, -0.25) is 4.79 Å². The van der Waals surface area contributed by atoms with Crippen molar-refractivity contribution in [3.8, 4) is 0 Å². The molecule has 0 radical (unpaired) electrons. The monoisotopic (exact) mass is 378 g/mol. The van der Waals surface area contributed by atoms with Gasteiger partial charge in [-0.25, -0.2) is 13.1 Å². The molecule has 0 saturated heterocycles. The molecule has 0 atom stereocenters. The molecular weight excluding hydrogens is 356 g/mol. The molecule has 0 aromatic heterocycles. The summed E-state index contributed by atoms with van der Waals surface area (Å²) in [5, 5.41) is 2.79. The molecule has 2 rings (SSSR count). The van der Waals surface area contributed by atoms with E-state index in [-0.39, 0.29) is 10.8 Å². The molecule has 7 heteroatoms. The Kier molecular flexibility index (Phi) is 5.92. The largest absolute Gasteiger partial charge is 0.322 e. The first-order valence-electron chi connectivity index (χ1n) is 7.70. The van der Waals surface area contributed by atoms with Crippen LogP contribution in [0.5, 0.6) is 0 Å². The highest BCUT2D eigenvalue weighted by Crippen LogP contribution is 2.19. The summed E-state index contributed by atoms with van der Waals surface area (Å²) in [5.74, 6) is -0.287. The van der Waals surface area contributed by atoms with E-state index >= 15 is 0 Å². The van der Waals surface area contributed by atoms with E-state index in [2.05, 4.69) is 10.0 Å². The SMILES string of the molecule is CSc1ccc(NC(=O)c2ccc(S(=O)(=O)NC(C)(C)C)cc2)cc1. The number of carbonyl (C=O) groups is 1. The maximum absolute atomic E-state index is 12.3. The third-order valence-electron chi connectivity index (χ3n) is 3.22. The standard InChI is InChI=1S/C18H22N2O3S2/c1-18(2,3)20-25(22,23)16-11-5-13(6-12-16)17(21)19-14-7-9-15(24-4)10-8-14/h5-12,20H,1-4H3,(H,19,21).